The van der Waals surface area contributed by atoms with Crippen molar-refractivity contribution in [2.24, 2.45) is 0 Å². The monoisotopic (exact) mass is 486 g/mol. The van der Waals surface area contributed by atoms with Gasteiger partial charge < -0.3 is 19.4 Å². The zero-order valence-electron chi connectivity index (χ0n) is 20.8. The molecule has 0 saturated heterocycles. The molecular formula is C28H30N4O4. The van der Waals surface area contributed by atoms with Gasteiger partial charge >= 0.3 is 11.7 Å². The molecule has 0 saturated carbocycles. The van der Waals surface area contributed by atoms with Crippen molar-refractivity contribution in [2.75, 3.05) is 24.6 Å². The van der Waals surface area contributed by atoms with E-state index < -0.39 is 11.7 Å². The van der Waals surface area contributed by atoms with Crippen molar-refractivity contribution < 1.29 is 13.9 Å². The molecule has 186 valence electrons. The number of carbonyl (C=O) groups excluding carboxylic acids is 1. The molecule has 0 unspecified atom stereocenters. The van der Waals surface area contributed by atoms with Gasteiger partial charge in [-0.25, -0.2) is 9.59 Å². The number of aryl methyl sites for hydroxylation is 1. The van der Waals surface area contributed by atoms with Crippen LogP contribution >= 0.6 is 0 Å². The Morgan fingerprint density at radius 1 is 1.08 bits per heavy atom. The van der Waals surface area contributed by atoms with Crippen LogP contribution in [0.15, 0.2) is 70.0 Å². The van der Waals surface area contributed by atoms with Crippen LogP contribution in [0.2, 0.25) is 0 Å². The first kappa shape index (κ1) is 24.9. The highest BCUT2D eigenvalue weighted by Crippen LogP contribution is 2.25. The molecule has 2 aromatic carbocycles. The van der Waals surface area contributed by atoms with Crippen molar-refractivity contribution in [3.8, 4) is 11.3 Å². The van der Waals surface area contributed by atoms with Gasteiger partial charge in [0.25, 0.3) is 0 Å². The van der Waals surface area contributed by atoms with E-state index in [1.807, 2.05) is 61.5 Å². The van der Waals surface area contributed by atoms with Gasteiger partial charge in [0.1, 0.15) is 5.58 Å². The van der Waals surface area contributed by atoms with Crippen LogP contribution in [0.3, 0.4) is 0 Å². The second-order valence-electron chi connectivity index (χ2n) is 8.39. The van der Waals surface area contributed by atoms with Gasteiger partial charge in [-0.1, -0.05) is 18.2 Å². The highest BCUT2D eigenvalue weighted by Gasteiger charge is 2.14. The minimum absolute atomic E-state index is 0.0696. The molecule has 0 atom stereocenters. The molecule has 0 aliphatic carbocycles. The van der Waals surface area contributed by atoms with E-state index >= 15 is 0 Å². The number of hydrogen-bond donors (Lipinski definition) is 1. The first-order chi connectivity index (χ1) is 17.5. The molecule has 0 fully saturated rings. The fraction of sp³-hybridized carbons (Fsp3) is 0.286. The lowest BCUT2D eigenvalue weighted by atomic mass is 10.0. The van der Waals surface area contributed by atoms with Gasteiger partial charge in [-0.2, -0.15) is 10.2 Å². The molecule has 0 spiro atoms. The minimum atomic E-state index is -0.549. The van der Waals surface area contributed by atoms with Crippen molar-refractivity contribution in [1.29, 1.82) is 0 Å². The van der Waals surface area contributed by atoms with E-state index in [0.29, 0.717) is 17.7 Å². The molecule has 0 aliphatic heterocycles. The number of aromatic nitrogens is 2. The van der Waals surface area contributed by atoms with Gasteiger partial charge in [-0.3, -0.25) is 0 Å². The van der Waals surface area contributed by atoms with Gasteiger partial charge in [0.15, 0.2) is 0 Å². The van der Waals surface area contributed by atoms with Crippen LogP contribution in [0.5, 0.6) is 0 Å². The summed E-state index contributed by atoms with van der Waals surface area (Å²) < 4.78 is 10.9. The van der Waals surface area contributed by atoms with E-state index in [4.69, 9.17) is 9.15 Å². The van der Waals surface area contributed by atoms with Crippen molar-refractivity contribution in [3.05, 3.63) is 87.9 Å². The Hall–Kier alpha value is -4.20. The summed E-state index contributed by atoms with van der Waals surface area (Å²) in [6.45, 7) is 8.19. The van der Waals surface area contributed by atoms with Crippen molar-refractivity contribution in [2.45, 2.75) is 33.7 Å². The number of anilines is 1. The number of fused-ring (bicyclic) bond motifs is 1. The summed E-state index contributed by atoms with van der Waals surface area (Å²) in [5, 5.41) is 11.6. The Morgan fingerprint density at radius 2 is 1.92 bits per heavy atom. The molecule has 8 heteroatoms. The number of amides is 1. The second kappa shape index (κ2) is 11.5. The van der Waals surface area contributed by atoms with Crippen molar-refractivity contribution >= 4 is 22.7 Å². The average molecular weight is 487 g/mol. The van der Waals surface area contributed by atoms with E-state index in [9.17, 15) is 9.59 Å². The van der Waals surface area contributed by atoms with Gasteiger partial charge in [0.2, 0.25) is 0 Å². The summed E-state index contributed by atoms with van der Waals surface area (Å²) in [5.41, 5.74) is 5.12. The van der Waals surface area contributed by atoms with E-state index in [0.717, 1.165) is 46.5 Å². The first-order valence-electron chi connectivity index (χ1n) is 12.1. The van der Waals surface area contributed by atoms with E-state index in [1.54, 1.807) is 6.20 Å². The standard InChI is InChI=1S/C28H30N4O4/c1-4-32(5-2)22-11-12-23-19(3)24(27(33)36-26(23)17-22)13-15-35-28(34)29-18-20-8-6-9-21(16-20)25-10-7-14-30-31-25/h6-12,14,16-17H,4-5,13,15,18H2,1-3H3,(H,29,34). The topological polar surface area (TPSA) is 97.6 Å². The Balaban J connectivity index is 1.35. The van der Waals surface area contributed by atoms with E-state index in [2.05, 4.69) is 34.3 Å². The van der Waals surface area contributed by atoms with Crippen LogP contribution in [-0.2, 0) is 17.7 Å². The molecule has 1 amide bonds. The van der Waals surface area contributed by atoms with Crippen LogP contribution in [0.1, 0.15) is 30.5 Å². The van der Waals surface area contributed by atoms with Crippen LogP contribution in [0.4, 0.5) is 10.5 Å². The average Bonchev–Trinajstić information content (AvgIpc) is 2.90. The molecule has 0 bridgehead atoms. The first-order valence-corrected chi connectivity index (χ1v) is 12.1. The van der Waals surface area contributed by atoms with Crippen molar-refractivity contribution in [3.63, 3.8) is 0 Å². The fourth-order valence-electron chi connectivity index (χ4n) is 4.22. The molecule has 36 heavy (non-hydrogen) atoms. The smallest absolute Gasteiger partial charge is 0.407 e. The third-order valence-corrected chi connectivity index (χ3v) is 6.22. The van der Waals surface area contributed by atoms with Gasteiger partial charge in [-0.15, -0.1) is 0 Å². The zero-order chi connectivity index (χ0) is 25.5. The molecule has 1 N–H and O–H groups in total. The quantitative estimate of drug-likeness (QED) is 0.337. The molecule has 8 nitrogen and oxygen atoms in total. The molecule has 4 rings (SSSR count). The van der Waals surface area contributed by atoms with E-state index in [1.165, 1.54) is 0 Å². The lowest BCUT2D eigenvalue weighted by Crippen LogP contribution is -2.25. The molecule has 0 radical (unpaired) electrons. The molecule has 0 aliphatic rings. The summed E-state index contributed by atoms with van der Waals surface area (Å²) in [6, 6.07) is 17.3. The summed E-state index contributed by atoms with van der Waals surface area (Å²) in [4.78, 5) is 27.1. The Bertz CT molecular complexity index is 1400. The maximum Gasteiger partial charge on any atom is 0.407 e. The molecule has 2 aromatic heterocycles. The highest BCUT2D eigenvalue weighted by atomic mass is 16.5. The maximum absolute atomic E-state index is 12.7. The third-order valence-electron chi connectivity index (χ3n) is 6.22. The molecular weight excluding hydrogens is 456 g/mol. The maximum atomic E-state index is 12.7. The van der Waals surface area contributed by atoms with Crippen LogP contribution < -0.4 is 15.8 Å². The number of ether oxygens (including phenoxy) is 1. The van der Waals surface area contributed by atoms with Crippen LogP contribution in [-0.4, -0.2) is 36.0 Å². The summed E-state index contributed by atoms with van der Waals surface area (Å²) in [6.07, 6.45) is 1.35. The molecule has 2 heterocycles. The SMILES string of the molecule is CCN(CC)c1ccc2c(C)c(CCOC(=O)NCc3cccc(-c4cccnn4)c3)c(=O)oc2c1. The number of alkyl carbamates (subject to hydrolysis) is 1. The largest absolute Gasteiger partial charge is 0.449 e. The Kier molecular flexibility index (Phi) is 7.95. The van der Waals surface area contributed by atoms with E-state index in [-0.39, 0.29) is 13.0 Å². The summed E-state index contributed by atoms with van der Waals surface area (Å²) in [5.74, 6) is 0. The molecule has 4 aromatic rings. The Labute approximate surface area is 209 Å². The van der Waals surface area contributed by atoms with Crippen LogP contribution in [0, 0.1) is 6.92 Å². The number of rotatable bonds is 9. The summed E-state index contributed by atoms with van der Waals surface area (Å²) in [7, 11) is 0. The normalized spacial score (nSPS) is 10.9. The number of hydrogen-bond acceptors (Lipinski definition) is 7. The Morgan fingerprint density at radius 3 is 2.67 bits per heavy atom. The number of carbonyl (C=O) groups is 1. The predicted molar refractivity (Wildman–Crippen MR) is 140 cm³/mol. The number of nitrogens with zero attached hydrogens (tertiary/aromatic N) is 3. The second-order valence-corrected chi connectivity index (χ2v) is 8.39. The lowest BCUT2D eigenvalue weighted by Gasteiger charge is -2.21. The third kappa shape index (κ3) is 5.71. The van der Waals surface area contributed by atoms with Gasteiger partial charge in [0, 0.05) is 60.5 Å². The van der Waals surface area contributed by atoms with Crippen LogP contribution in [0.25, 0.3) is 22.2 Å². The fourth-order valence-corrected chi connectivity index (χ4v) is 4.22. The predicted octanol–water partition coefficient (Wildman–Crippen LogP) is 4.87. The van der Waals surface area contributed by atoms with Gasteiger partial charge in [0.05, 0.1) is 12.3 Å². The summed E-state index contributed by atoms with van der Waals surface area (Å²) >= 11 is 0. The number of nitrogens with one attached hydrogen (secondary N) is 1. The van der Waals surface area contributed by atoms with Crippen molar-refractivity contribution in [1.82, 2.24) is 15.5 Å². The minimum Gasteiger partial charge on any atom is -0.449 e. The highest BCUT2D eigenvalue weighted by molar-refractivity contribution is 5.84. The number of benzene rings is 2. The van der Waals surface area contributed by atoms with Gasteiger partial charge in [-0.05, 0) is 62.2 Å². The lowest BCUT2D eigenvalue weighted by molar-refractivity contribution is 0.146. The zero-order valence-corrected chi connectivity index (χ0v) is 20.8.